The first-order chi connectivity index (χ1) is 10.1. The lowest BCUT2D eigenvalue weighted by Crippen LogP contribution is -2.14. The number of anilines is 1. The van der Waals surface area contributed by atoms with Crippen LogP contribution in [0, 0.1) is 24.6 Å². The Hall–Kier alpha value is -2.71. The molecule has 1 amide bonds. The molecule has 0 saturated heterocycles. The number of halogens is 1. The van der Waals surface area contributed by atoms with E-state index in [1.54, 1.807) is 18.2 Å². The van der Waals surface area contributed by atoms with Crippen molar-refractivity contribution >= 4 is 11.6 Å². The summed E-state index contributed by atoms with van der Waals surface area (Å²) < 4.78 is 13.5. The second kappa shape index (κ2) is 6.64. The molecule has 106 valence electrons. The Balaban J connectivity index is 2.27. The highest BCUT2D eigenvalue weighted by atomic mass is 19.1. The summed E-state index contributed by atoms with van der Waals surface area (Å²) in [5.74, 6) is 4.05. The molecule has 2 aromatic rings. The molecule has 0 radical (unpaired) electrons. The molecule has 0 saturated carbocycles. The van der Waals surface area contributed by atoms with Gasteiger partial charge >= 0.3 is 0 Å². The van der Waals surface area contributed by atoms with Crippen LogP contribution in [0.3, 0.4) is 0 Å². The molecule has 1 heterocycles. The molecule has 4 nitrogen and oxygen atoms in total. The molecule has 0 aliphatic rings. The maximum Gasteiger partial charge on any atom is 0.258 e. The molecule has 0 atom stereocenters. The number of aromatic nitrogens is 1. The number of rotatable bonds is 2. The van der Waals surface area contributed by atoms with Crippen molar-refractivity contribution in [3.8, 4) is 11.8 Å². The number of benzene rings is 1. The lowest BCUT2D eigenvalue weighted by Gasteiger charge is -2.09. The zero-order valence-electron chi connectivity index (χ0n) is 11.4. The fraction of sp³-hybridized carbons (Fsp3) is 0.125. The van der Waals surface area contributed by atoms with Crippen LogP contribution in [0.1, 0.15) is 21.5 Å². The Morgan fingerprint density at radius 2 is 2.24 bits per heavy atom. The third kappa shape index (κ3) is 3.65. The number of nitrogens with zero attached hydrogens (tertiary/aromatic N) is 1. The van der Waals surface area contributed by atoms with Crippen LogP contribution in [-0.2, 0) is 0 Å². The largest absolute Gasteiger partial charge is 0.384 e. The van der Waals surface area contributed by atoms with Crippen LogP contribution in [0.25, 0.3) is 0 Å². The minimum atomic E-state index is -0.677. The topological polar surface area (TPSA) is 62.2 Å². The molecule has 1 aromatic carbocycles. The predicted octanol–water partition coefficient (Wildman–Crippen LogP) is 2.13. The van der Waals surface area contributed by atoms with Crippen molar-refractivity contribution in [3.05, 3.63) is 59.2 Å². The van der Waals surface area contributed by atoms with E-state index in [1.165, 1.54) is 12.3 Å². The third-order valence-electron chi connectivity index (χ3n) is 2.81. The van der Waals surface area contributed by atoms with Crippen LogP contribution < -0.4 is 5.32 Å². The van der Waals surface area contributed by atoms with Gasteiger partial charge in [0.1, 0.15) is 6.61 Å². The summed E-state index contributed by atoms with van der Waals surface area (Å²) in [5.41, 5.74) is 1.95. The smallest absolute Gasteiger partial charge is 0.258 e. The Kier molecular flexibility index (Phi) is 4.64. The highest BCUT2D eigenvalue weighted by Gasteiger charge is 2.12. The molecule has 0 fully saturated rings. The van der Waals surface area contributed by atoms with Gasteiger partial charge in [0.25, 0.3) is 5.91 Å². The molecule has 0 aliphatic carbocycles. The maximum absolute atomic E-state index is 13.5. The molecule has 0 aliphatic heterocycles. The van der Waals surface area contributed by atoms with Gasteiger partial charge in [0.05, 0.1) is 11.8 Å². The molecule has 2 rings (SSSR count). The molecule has 0 bridgehead atoms. The van der Waals surface area contributed by atoms with Gasteiger partial charge < -0.3 is 10.4 Å². The van der Waals surface area contributed by atoms with Crippen LogP contribution >= 0.6 is 0 Å². The van der Waals surface area contributed by atoms with Gasteiger partial charge in [0, 0.05) is 17.4 Å². The number of carbonyl (C=O) groups excluding carboxylic acids is 1. The normalized spacial score (nSPS) is 9.67. The number of pyridine rings is 1. The Morgan fingerprint density at radius 3 is 2.95 bits per heavy atom. The summed E-state index contributed by atoms with van der Waals surface area (Å²) in [7, 11) is 0. The van der Waals surface area contributed by atoms with Gasteiger partial charge in [-0.15, -0.1) is 0 Å². The summed E-state index contributed by atoms with van der Waals surface area (Å²) in [6.07, 6.45) is 2.35. The number of hydrogen-bond acceptors (Lipinski definition) is 3. The highest BCUT2D eigenvalue weighted by molar-refractivity contribution is 6.04. The van der Waals surface area contributed by atoms with Crippen LogP contribution in [0.5, 0.6) is 0 Å². The van der Waals surface area contributed by atoms with Crippen molar-refractivity contribution in [3.63, 3.8) is 0 Å². The monoisotopic (exact) mass is 284 g/mol. The average Bonchev–Trinajstić information content (AvgIpc) is 2.48. The summed E-state index contributed by atoms with van der Waals surface area (Å²) >= 11 is 0. The first-order valence-corrected chi connectivity index (χ1v) is 6.23. The minimum absolute atomic E-state index is 0.0729. The SMILES string of the molecule is Cc1ccc(C#CCO)cc1NC(=O)c1ccncc1F. The Morgan fingerprint density at radius 1 is 1.43 bits per heavy atom. The van der Waals surface area contributed by atoms with Crippen molar-refractivity contribution in [2.24, 2.45) is 0 Å². The standard InChI is InChI=1S/C16H13FN2O2/c1-11-4-5-12(3-2-8-20)9-15(11)19-16(21)13-6-7-18-10-14(13)17/h4-7,9-10,20H,8H2,1H3,(H,19,21). The average molecular weight is 284 g/mol. The van der Waals surface area contributed by atoms with E-state index in [0.29, 0.717) is 11.3 Å². The first-order valence-electron chi connectivity index (χ1n) is 6.23. The van der Waals surface area contributed by atoms with E-state index in [0.717, 1.165) is 11.8 Å². The highest BCUT2D eigenvalue weighted by Crippen LogP contribution is 2.18. The Labute approximate surface area is 121 Å². The Bertz CT molecular complexity index is 733. The zero-order chi connectivity index (χ0) is 15.2. The molecular weight excluding hydrogens is 271 g/mol. The minimum Gasteiger partial charge on any atom is -0.384 e. The quantitative estimate of drug-likeness (QED) is 0.830. The van der Waals surface area contributed by atoms with Gasteiger partial charge in [-0.1, -0.05) is 17.9 Å². The van der Waals surface area contributed by atoms with Gasteiger partial charge in [0.2, 0.25) is 0 Å². The van der Waals surface area contributed by atoms with E-state index < -0.39 is 11.7 Å². The van der Waals surface area contributed by atoms with Crippen molar-refractivity contribution in [1.82, 2.24) is 4.98 Å². The fourth-order valence-corrected chi connectivity index (χ4v) is 1.73. The van der Waals surface area contributed by atoms with E-state index in [4.69, 9.17) is 5.11 Å². The van der Waals surface area contributed by atoms with Gasteiger partial charge in [0.15, 0.2) is 5.82 Å². The van der Waals surface area contributed by atoms with Crippen molar-refractivity contribution in [2.45, 2.75) is 6.92 Å². The van der Waals surface area contributed by atoms with E-state index in [1.807, 2.05) is 6.92 Å². The van der Waals surface area contributed by atoms with Crippen LogP contribution in [-0.4, -0.2) is 22.6 Å². The number of aliphatic hydroxyl groups is 1. The van der Waals surface area contributed by atoms with Crippen molar-refractivity contribution in [1.29, 1.82) is 0 Å². The molecule has 0 spiro atoms. The van der Waals surface area contributed by atoms with Gasteiger partial charge in [-0.3, -0.25) is 9.78 Å². The number of amides is 1. The van der Waals surface area contributed by atoms with Crippen LogP contribution in [0.2, 0.25) is 0 Å². The van der Waals surface area contributed by atoms with Crippen LogP contribution in [0.4, 0.5) is 10.1 Å². The van der Waals surface area contributed by atoms with E-state index in [2.05, 4.69) is 22.1 Å². The lowest BCUT2D eigenvalue weighted by molar-refractivity contribution is 0.102. The summed E-state index contributed by atoms with van der Waals surface area (Å²) in [6.45, 7) is 1.58. The fourth-order valence-electron chi connectivity index (χ4n) is 1.73. The van der Waals surface area contributed by atoms with Gasteiger partial charge in [-0.2, -0.15) is 0 Å². The molecule has 2 N–H and O–H groups in total. The number of carbonyl (C=O) groups is 1. The molecular formula is C16H13FN2O2. The molecule has 0 unspecified atom stereocenters. The molecule has 5 heteroatoms. The molecule has 1 aromatic heterocycles. The van der Waals surface area contributed by atoms with Gasteiger partial charge in [-0.25, -0.2) is 4.39 Å². The lowest BCUT2D eigenvalue weighted by atomic mass is 10.1. The second-order valence-electron chi connectivity index (χ2n) is 4.30. The van der Waals surface area contributed by atoms with Gasteiger partial charge in [-0.05, 0) is 30.7 Å². The number of nitrogens with one attached hydrogen (secondary N) is 1. The predicted molar refractivity (Wildman–Crippen MR) is 77.3 cm³/mol. The van der Waals surface area contributed by atoms with E-state index in [9.17, 15) is 9.18 Å². The summed E-state index contributed by atoms with van der Waals surface area (Å²) in [6, 6.07) is 6.56. The summed E-state index contributed by atoms with van der Waals surface area (Å²) in [5, 5.41) is 11.3. The number of hydrogen-bond donors (Lipinski definition) is 2. The van der Waals surface area contributed by atoms with Crippen molar-refractivity contribution in [2.75, 3.05) is 11.9 Å². The van der Waals surface area contributed by atoms with Crippen LogP contribution in [0.15, 0.2) is 36.7 Å². The number of aryl methyl sites for hydroxylation is 1. The molecule has 21 heavy (non-hydrogen) atoms. The van der Waals surface area contributed by atoms with E-state index >= 15 is 0 Å². The number of aliphatic hydroxyl groups excluding tert-OH is 1. The van der Waals surface area contributed by atoms with E-state index in [-0.39, 0.29) is 12.2 Å². The maximum atomic E-state index is 13.5. The zero-order valence-corrected chi connectivity index (χ0v) is 11.4. The third-order valence-corrected chi connectivity index (χ3v) is 2.81. The first kappa shape index (κ1) is 14.7. The van der Waals surface area contributed by atoms with Crippen molar-refractivity contribution < 1.29 is 14.3 Å². The second-order valence-corrected chi connectivity index (χ2v) is 4.30. The summed E-state index contributed by atoms with van der Waals surface area (Å²) in [4.78, 5) is 15.7.